The Morgan fingerprint density at radius 3 is 2.66 bits per heavy atom. The van der Waals surface area contributed by atoms with Crippen molar-refractivity contribution in [3.63, 3.8) is 0 Å². The molecule has 1 aromatic carbocycles. The maximum absolute atomic E-state index is 13.1. The average Bonchev–Trinajstić information content (AvgIpc) is 3.03. The van der Waals surface area contributed by atoms with Crippen LogP contribution in [0.2, 0.25) is 0 Å². The number of hydrogen-bond acceptors (Lipinski definition) is 7. The zero-order chi connectivity index (χ0) is 23.0. The van der Waals surface area contributed by atoms with Gasteiger partial charge in [-0.15, -0.1) is 0 Å². The van der Waals surface area contributed by atoms with E-state index in [2.05, 4.69) is 20.6 Å². The van der Waals surface area contributed by atoms with E-state index in [1.165, 1.54) is 18.2 Å². The lowest BCUT2D eigenvalue weighted by atomic mass is 9.89. The molecule has 1 unspecified atom stereocenters. The van der Waals surface area contributed by atoms with Crippen LogP contribution < -0.4 is 10.6 Å². The van der Waals surface area contributed by atoms with E-state index in [1.807, 2.05) is 13.8 Å². The molecule has 1 saturated heterocycles. The van der Waals surface area contributed by atoms with E-state index in [-0.39, 0.29) is 36.1 Å². The third kappa shape index (κ3) is 3.64. The Kier molecular flexibility index (Phi) is 5.29. The van der Waals surface area contributed by atoms with E-state index in [9.17, 15) is 24.0 Å². The minimum atomic E-state index is -1.09. The fourth-order valence-corrected chi connectivity index (χ4v) is 3.84. The van der Waals surface area contributed by atoms with Crippen LogP contribution in [0.4, 0.5) is 0 Å². The molecular formula is C22H21N5O5. The lowest BCUT2D eigenvalue weighted by molar-refractivity contribution is -0.136. The number of amides is 5. The van der Waals surface area contributed by atoms with Crippen LogP contribution in [0.1, 0.15) is 63.5 Å². The van der Waals surface area contributed by atoms with Gasteiger partial charge < -0.3 is 5.32 Å². The fraction of sp³-hybridized carbons (Fsp3) is 0.318. The molecule has 2 N–H and O–H groups in total. The molecule has 3 heterocycles. The number of rotatable bonds is 5. The van der Waals surface area contributed by atoms with Gasteiger partial charge in [0.2, 0.25) is 11.8 Å². The summed E-state index contributed by atoms with van der Waals surface area (Å²) in [7, 11) is 0. The molecule has 0 bridgehead atoms. The highest BCUT2D eigenvalue weighted by molar-refractivity contribution is 6.26. The van der Waals surface area contributed by atoms with Gasteiger partial charge in [-0.2, -0.15) is 0 Å². The van der Waals surface area contributed by atoms with Crippen LogP contribution in [0, 0.1) is 0 Å². The topological polar surface area (TPSA) is 138 Å². The van der Waals surface area contributed by atoms with Crippen LogP contribution in [0.5, 0.6) is 0 Å². The maximum atomic E-state index is 13.1. The van der Waals surface area contributed by atoms with Crippen LogP contribution in [-0.2, 0) is 15.0 Å². The van der Waals surface area contributed by atoms with Crippen molar-refractivity contribution < 1.29 is 24.0 Å². The van der Waals surface area contributed by atoms with Crippen molar-refractivity contribution in [1.29, 1.82) is 0 Å². The van der Waals surface area contributed by atoms with Gasteiger partial charge in [0.25, 0.3) is 17.7 Å². The van der Waals surface area contributed by atoms with E-state index in [0.717, 1.165) is 4.90 Å². The number of hydrogen-bond donors (Lipinski definition) is 2. The first kappa shape index (κ1) is 21.3. The van der Waals surface area contributed by atoms with Crippen LogP contribution in [0.3, 0.4) is 0 Å². The predicted octanol–water partition coefficient (Wildman–Crippen LogP) is 0.585. The second-order valence-corrected chi connectivity index (χ2v) is 8.33. The second kappa shape index (κ2) is 7.95. The first-order chi connectivity index (χ1) is 15.2. The number of nitrogens with zero attached hydrogens (tertiary/aromatic N) is 3. The van der Waals surface area contributed by atoms with Crippen molar-refractivity contribution in [1.82, 2.24) is 25.5 Å². The standard InChI is InChI=1S/C22H21N5O5/c1-22(2,15-10-23-8-9-24-15)11-25-18(29)12-4-3-5-13-17(12)21(32)27(20(13)31)14-6-7-16(28)26-19(14)30/h3-5,8-10,14H,6-7,11H2,1-2H3,(H,25,29)(H,26,28,30). The number of aromatic nitrogens is 2. The number of nitrogens with one attached hydrogen (secondary N) is 2. The molecule has 1 atom stereocenters. The monoisotopic (exact) mass is 435 g/mol. The van der Waals surface area contributed by atoms with Crippen molar-refractivity contribution >= 4 is 29.5 Å². The van der Waals surface area contributed by atoms with E-state index >= 15 is 0 Å². The third-order valence-electron chi connectivity index (χ3n) is 5.66. The number of fused-ring (bicyclic) bond motifs is 1. The molecule has 0 radical (unpaired) electrons. The van der Waals surface area contributed by atoms with Crippen molar-refractivity contribution in [2.24, 2.45) is 0 Å². The summed E-state index contributed by atoms with van der Waals surface area (Å²) in [5, 5.41) is 4.95. The highest BCUT2D eigenvalue weighted by Crippen LogP contribution is 2.30. The van der Waals surface area contributed by atoms with Gasteiger partial charge in [-0.25, -0.2) is 0 Å². The Bertz CT molecular complexity index is 1140. The van der Waals surface area contributed by atoms with Gasteiger partial charge in [0.05, 0.1) is 22.4 Å². The number of carbonyl (C=O) groups is 5. The van der Waals surface area contributed by atoms with E-state index < -0.39 is 41.0 Å². The summed E-state index contributed by atoms with van der Waals surface area (Å²) in [5.41, 5.74) is 0.220. The van der Waals surface area contributed by atoms with Gasteiger partial charge in [-0.1, -0.05) is 19.9 Å². The van der Waals surface area contributed by atoms with Crippen molar-refractivity contribution in [2.75, 3.05) is 6.54 Å². The molecule has 1 aromatic heterocycles. The minimum Gasteiger partial charge on any atom is -0.351 e. The lowest BCUT2D eigenvalue weighted by Crippen LogP contribution is -2.54. The molecule has 2 aliphatic rings. The number of carbonyl (C=O) groups excluding carboxylic acids is 5. The first-order valence-electron chi connectivity index (χ1n) is 10.1. The molecule has 0 spiro atoms. The summed E-state index contributed by atoms with van der Waals surface area (Å²) in [6, 6.07) is 3.33. The van der Waals surface area contributed by atoms with E-state index in [4.69, 9.17) is 0 Å². The van der Waals surface area contributed by atoms with Crippen LogP contribution in [0.15, 0.2) is 36.8 Å². The molecule has 2 aliphatic heterocycles. The van der Waals surface area contributed by atoms with Crippen LogP contribution >= 0.6 is 0 Å². The number of benzene rings is 1. The Morgan fingerprint density at radius 1 is 1.19 bits per heavy atom. The number of imide groups is 2. The molecule has 164 valence electrons. The SMILES string of the molecule is CC(C)(CNC(=O)c1cccc2c1C(=O)N(C1CCC(=O)NC1=O)C2=O)c1cnccn1. The highest BCUT2D eigenvalue weighted by atomic mass is 16.2. The molecule has 5 amide bonds. The van der Waals surface area contributed by atoms with Gasteiger partial charge in [0, 0.05) is 37.0 Å². The van der Waals surface area contributed by atoms with Gasteiger partial charge in [0.15, 0.2) is 0 Å². The van der Waals surface area contributed by atoms with Gasteiger partial charge in [-0.3, -0.25) is 44.2 Å². The Balaban J connectivity index is 1.57. The molecule has 0 aliphatic carbocycles. The molecular weight excluding hydrogens is 414 g/mol. The second-order valence-electron chi connectivity index (χ2n) is 8.33. The number of piperidine rings is 1. The highest BCUT2D eigenvalue weighted by Gasteiger charge is 2.46. The molecule has 32 heavy (non-hydrogen) atoms. The average molecular weight is 435 g/mol. The van der Waals surface area contributed by atoms with E-state index in [0.29, 0.717) is 5.69 Å². The largest absolute Gasteiger partial charge is 0.351 e. The molecule has 1 fully saturated rings. The molecule has 10 nitrogen and oxygen atoms in total. The van der Waals surface area contributed by atoms with Crippen LogP contribution in [0.25, 0.3) is 0 Å². The summed E-state index contributed by atoms with van der Waals surface area (Å²) in [6.07, 6.45) is 4.81. The van der Waals surface area contributed by atoms with Crippen LogP contribution in [-0.4, -0.2) is 57.0 Å². The first-order valence-corrected chi connectivity index (χ1v) is 10.1. The third-order valence-corrected chi connectivity index (χ3v) is 5.66. The fourth-order valence-electron chi connectivity index (χ4n) is 3.84. The van der Waals surface area contributed by atoms with Crippen molar-refractivity contribution in [3.05, 3.63) is 59.2 Å². The zero-order valence-corrected chi connectivity index (χ0v) is 17.5. The van der Waals surface area contributed by atoms with Gasteiger partial charge in [-0.05, 0) is 18.6 Å². The van der Waals surface area contributed by atoms with Gasteiger partial charge >= 0.3 is 0 Å². The zero-order valence-electron chi connectivity index (χ0n) is 17.5. The van der Waals surface area contributed by atoms with Crippen molar-refractivity contribution in [2.45, 2.75) is 38.1 Å². The Hall–Kier alpha value is -3.95. The predicted molar refractivity (Wildman–Crippen MR) is 111 cm³/mol. The quantitative estimate of drug-likeness (QED) is 0.655. The molecule has 2 aromatic rings. The summed E-state index contributed by atoms with van der Waals surface area (Å²) in [4.78, 5) is 71.8. The van der Waals surface area contributed by atoms with Crippen molar-refractivity contribution in [3.8, 4) is 0 Å². The van der Waals surface area contributed by atoms with E-state index in [1.54, 1.807) is 18.6 Å². The summed E-state index contributed by atoms with van der Waals surface area (Å²) < 4.78 is 0. The maximum Gasteiger partial charge on any atom is 0.263 e. The summed E-state index contributed by atoms with van der Waals surface area (Å²) in [6.45, 7) is 4.01. The summed E-state index contributed by atoms with van der Waals surface area (Å²) >= 11 is 0. The molecule has 10 heteroatoms. The Labute approximate surface area is 183 Å². The summed E-state index contributed by atoms with van der Waals surface area (Å²) in [5.74, 6) is -3.06. The Morgan fingerprint density at radius 2 is 1.97 bits per heavy atom. The minimum absolute atomic E-state index is 0.0224. The normalized spacial score (nSPS) is 18.4. The van der Waals surface area contributed by atoms with Gasteiger partial charge in [0.1, 0.15) is 6.04 Å². The molecule has 0 saturated carbocycles. The smallest absolute Gasteiger partial charge is 0.263 e. The molecule has 4 rings (SSSR count). The lowest BCUT2D eigenvalue weighted by Gasteiger charge is -2.27.